The summed E-state index contributed by atoms with van der Waals surface area (Å²) >= 11 is 0. The summed E-state index contributed by atoms with van der Waals surface area (Å²) in [5.41, 5.74) is 0. The Balaban J connectivity index is 3.36. The molecule has 0 heterocycles. The van der Waals surface area contributed by atoms with Crippen LogP contribution in [0.15, 0.2) is 12.2 Å². The fourth-order valence-electron chi connectivity index (χ4n) is 0.644. The van der Waals surface area contributed by atoms with Crippen molar-refractivity contribution in [2.45, 2.75) is 39.7 Å². The minimum atomic E-state index is -0.237. The van der Waals surface area contributed by atoms with Crippen LogP contribution in [0.4, 0.5) is 0 Å². The monoisotopic (exact) mass is 142 g/mol. The van der Waals surface area contributed by atoms with E-state index >= 15 is 0 Å². The normalized spacial score (nSPS) is 14.9. The van der Waals surface area contributed by atoms with Crippen molar-refractivity contribution in [3.05, 3.63) is 12.2 Å². The maximum atomic E-state index is 9.08. The van der Waals surface area contributed by atoms with Crippen LogP contribution >= 0.6 is 0 Å². The van der Waals surface area contributed by atoms with Crippen molar-refractivity contribution in [3.63, 3.8) is 0 Å². The molecule has 1 unspecified atom stereocenters. The molecule has 1 atom stereocenters. The molecule has 0 saturated heterocycles. The molecule has 1 N–H and O–H groups in total. The molecule has 1 nitrogen and oxygen atoms in total. The maximum absolute atomic E-state index is 9.08. The first-order valence-corrected chi connectivity index (χ1v) is 4.01. The summed E-state index contributed by atoms with van der Waals surface area (Å²) in [5.74, 6) is 0.695. The van der Waals surface area contributed by atoms with Crippen molar-refractivity contribution < 1.29 is 5.11 Å². The molecule has 10 heavy (non-hydrogen) atoms. The van der Waals surface area contributed by atoms with Crippen molar-refractivity contribution in [1.29, 1.82) is 0 Å². The van der Waals surface area contributed by atoms with Gasteiger partial charge in [-0.25, -0.2) is 0 Å². The average Bonchev–Trinajstić information content (AvgIpc) is 1.87. The zero-order valence-corrected chi connectivity index (χ0v) is 7.17. The highest BCUT2D eigenvalue weighted by atomic mass is 16.3. The number of aliphatic hydroxyl groups is 1. The first-order valence-electron chi connectivity index (χ1n) is 4.01. The number of rotatable bonds is 4. The molecule has 0 fully saturated rings. The van der Waals surface area contributed by atoms with Gasteiger partial charge in [0.1, 0.15) is 0 Å². The van der Waals surface area contributed by atoms with Gasteiger partial charge in [-0.1, -0.05) is 32.9 Å². The molecule has 0 saturated carbocycles. The minimum absolute atomic E-state index is 0.237. The van der Waals surface area contributed by atoms with Gasteiger partial charge < -0.3 is 5.11 Å². The van der Waals surface area contributed by atoms with Crippen molar-refractivity contribution in [1.82, 2.24) is 0 Å². The molecule has 0 aromatic rings. The number of aliphatic hydroxyl groups excluding tert-OH is 1. The smallest absolute Gasteiger partial charge is 0.0718 e. The molecular weight excluding hydrogens is 124 g/mol. The Kier molecular flexibility index (Phi) is 5.32. The Hall–Kier alpha value is -0.300. The van der Waals surface area contributed by atoms with Crippen LogP contribution in [-0.4, -0.2) is 11.2 Å². The van der Waals surface area contributed by atoms with Gasteiger partial charge in [-0.15, -0.1) is 0 Å². The van der Waals surface area contributed by atoms with Crippen molar-refractivity contribution in [3.8, 4) is 0 Å². The van der Waals surface area contributed by atoms with Crippen LogP contribution in [0, 0.1) is 5.92 Å². The van der Waals surface area contributed by atoms with Gasteiger partial charge in [-0.05, 0) is 18.8 Å². The maximum Gasteiger partial charge on any atom is 0.0718 e. The Morgan fingerprint density at radius 1 is 1.40 bits per heavy atom. The van der Waals surface area contributed by atoms with E-state index in [2.05, 4.69) is 19.9 Å². The molecule has 0 bridgehead atoms. The summed E-state index contributed by atoms with van der Waals surface area (Å²) in [6, 6.07) is 0. The van der Waals surface area contributed by atoms with Gasteiger partial charge in [0.25, 0.3) is 0 Å². The topological polar surface area (TPSA) is 20.2 Å². The number of hydrogen-bond donors (Lipinski definition) is 1. The van der Waals surface area contributed by atoms with Crippen LogP contribution in [-0.2, 0) is 0 Å². The predicted octanol–water partition coefficient (Wildman–Crippen LogP) is 2.36. The second kappa shape index (κ2) is 5.48. The van der Waals surface area contributed by atoms with E-state index in [4.69, 9.17) is 5.11 Å². The standard InChI is InChI=1S/C9H18O/c1-4-9(10)7-5-6-8(2)3/h5,7-10H,4,6H2,1-3H3/b7-5+. The van der Waals surface area contributed by atoms with E-state index in [1.165, 1.54) is 0 Å². The van der Waals surface area contributed by atoms with Gasteiger partial charge in [0.05, 0.1) is 6.10 Å². The highest BCUT2D eigenvalue weighted by Crippen LogP contribution is 2.01. The Morgan fingerprint density at radius 2 is 2.00 bits per heavy atom. The summed E-state index contributed by atoms with van der Waals surface area (Å²) in [6.45, 7) is 6.32. The lowest BCUT2D eigenvalue weighted by atomic mass is 10.1. The van der Waals surface area contributed by atoms with E-state index in [-0.39, 0.29) is 6.10 Å². The lowest BCUT2D eigenvalue weighted by Crippen LogP contribution is -1.98. The molecule has 0 spiro atoms. The fraction of sp³-hybridized carbons (Fsp3) is 0.778. The van der Waals surface area contributed by atoms with Crippen LogP contribution in [0.3, 0.4) is 0 Å². The van der Waals surface area contributed by atoms with Gasteiger partial charge in [0, 0.05) is 0 Å². The summed E-state index contributed by atoms with van der Waals surface area (Å²) in [6.07, 6.45) is 5.57. The van der Waals surface area contributed by atoms with Crippen LogP contribution in [0.2, 0.25) is 0 Å². The van der Waals surface area contributed by atoms with Crippen LogP contribution in [0.5, 0.6) is 0 Å². The summed E-state index contributed by atoms with van der Waals surface area (Å²) < 4.78 is 0. The molecule has 0 rings (SSSR count). The molecule has 0 aromatic carbocycles. The van der Waals surface area contributed by atoms with E-state index in [1.807, 2.05) is 13.0 Å². The van der Waals surface area contributed by atoms with Crippen LogP contribution in [0.1, 0.15) is 33.6 Å². The SMILES string of the molecule is CCC(O)/C=C/CC(C)C. The first-order chi connectivity index (χ1) is 4.66. The summed E-state index contributed by atoms with van der Waals surface area (Å²) in [4.78, 5) is 0. The van der Waals surface area contributed by atoms with Crippen molar-refractivity contribution in [2.75, 3.05) is 0 Å². The van der Waals surface area contributed by atoms with E-state index in [9.17, 15) is 0 Å². The zero-order valence-electron chi connectivity index (χ0n) is 7.17. The first kappa shape index (κ1) is 9.70. The van der Waals surface area contributed by atoms with E-state index in [0.717, 1.165) is 12.8 Å². The predicted molar refractivity (Wildman–Crippen MR) is 44.9 cm³/mol. The number of hydrogen-bond acceptors (Lipinski definition) is 1. The quantitative estimate of drug-likeness (QED) is 0.597. The third-order valence-electron chi connectivity index (χ3n) is 1.38. The summed E-state index contributed by atoms with van der Waals surface area (Å²) in [7, 11) is 0. The highest BCUT2D eigenvalue weighted by Gasteiger charge is 1.92. The van der Waals surface area contributed by atoms with Crippen LogP contribution < -0.4 is 0 Å². The van der Waals surface area contributed by atoms with E-state index in [1.54, 1.807) is 0 Å². The van der Waals surface area contributed by atoms with Crippen molar-refractivity contribution >= 4 is 0 Å². The second-order valence-corrected chi connectivity index (χ2v) is 3.03. The fourth-order valence-corrected chi connectivity index (χ4v) is 0.644. The van der Waals surface area contributed by atoms with Gasteiger partial charge in [0.15, 0.2) is 0 Å². The minimum Gasteiger partial charge on any atom is -0.389 e. The lowest BCUT2D eigenvalue weighted by Gasteiger charge is -2.00. The molecule has 0 aliphatic heterocycles. The molecule has 0 aliphatic rings. The second-order valence-electron chi connectivity index (χ2n) is 3.03. The highest BCUT2D eigenvalue weighted by molar-refractivity contribution is 4.88. The lowest BCUT2D eigenvalue weighted by molar-refractivity contribution is 0.218. The van der Waals surface area contributed by atoms with Gasteiger partial charge in [-0.2, -0.15) is 0 Å². The molecular formula is C9H18O. The third kappa shape index (κ3) is 5.83. The molecule has 0 amide bonds. The average molecular weight is 142 g/mol. The molecule has 0 radical (unpaired) electrons. The van der Waals surface area contributed by atoms with Gasteiger partial charge in [-0.3, -0.25) is 0 Å². The molecule has 60 valence electrons. The Morgan fingerprint density at radius 3 is 2.40 bits per heavy atom. The summed E-state index contributed by atoms with van der Waals surface area (Å²) in [5, 5.41) is 9.08. The number of allylic oxidation sites excluding steroid dienone is 1. The zero-order chi connectivity index (χ0) is 7.98. The largest absolute Gasteiger partial charge is 0.389 e. The Bertz CT molecular complexity index is 94.9. The Labute approximate surface area is 63.8 Å². The van der Waals surface area contributed by atoms with Crippen LogP contribution in [0.25, 0.3) is 0 Å². The van der Waals surface area contributed by atoms with E-state index in [0.29, 0.717) is 5.92 Å². The third-order valence-corrected chi connectivity index (χ3v) is 1.38. The molecule has 0 aliphatic carbocycles. The molecule has 1 heteroatoms. The van der Waals surface area contributed by atoms with Gasteiger partial charge >= 0.3 is 0 Å². The van der Waals surface area contributed by atoms with Crippen molar-refractivity contribution in [2.24, 2.45) is 5.92 Å². The van der Waals surface area contributed by atoms with E-state index < -0.39 is 0 Å². The van der Waals surface area contributed by atoms with Gasteiger partial charge in [0.2, 0.25) is 0 Å². The molecule has 0 aromatic heterocycles.